The summed E-state index contributed by atoms with van der Waals surface area (Å²) < 4.78 is 14.8. The molecule has 2 aliphatic rings. The van der Waals surface area contributed by atoms with Gasteiger partial charge in [-0.25, -0.2) is 4.39 Å². The number of hydrogen-bond acceptors (Lipinski definition) is 3. The molecule has 0 atom stereocenters. The Kier molecular flexibility index (Phi) is 3.76. The summed E-state index contributed by atoms with van der Waals surface area (Å²) >= 11 is 0. The maximum Gasteiger partial charge on any atom is 0.256 e. The Hall–Kier alpha value is -3.47. The van der Waals surface area contributed by atoms with Gasteiger partial charge in [-0.2, -0.15) is 0 Å². The molecular weight excluding hydrogens is 353 g/mol. The fourth-order valence-corrected chi connectivity index (χ4v) is 3.88. The molecule has 0 radical (unpaired) electrons. The first kappa shape index (κ1) is 16.7. The molecule has 0 unspecified atom stereocenters. The second-order valence-corrected chi connectivity index (χ2v) is 7.24. The molecule has 0 bridgehead atoms. The van der Waals surface area contributed by atoms with Gasteiger partial charge >= 0.3 is 0 Å². The van der Waals surface area contributed by atoms with Gasteiger partial charge in [-0.05, 0) is 47.0 Å². The third-order valence-corrected chi connectivity index (χ3v) is 5.32. The van der Waals surface area contributed by atoms with Gasteiger partial charge in [-0.3, -0.25) is 9.78 Å². The SMILES string of the molecule is C=C1Cc2cc(-c3ccc(CN4Cc5ncccc5C4=O)c(F)c3)ccc2N1. The predicted molar refractivity (Wildman–Crippen MR) is 106 cm³/mol. The van der Waals surface area contributed by atoms with Crippen molar-refractivity contribution in [2.24, 2.45) is 0 Å². The van der Waals surface area contributed by atoms with E-state index >= 15 is 0 Å². The highest BCUT2D eigenvalue weighted by Crippen LogP contribution is 2.32. The van der Waals surface area contributed by atoms with Gasteiger partial charge in [0.25, 0.3) is 5.91 Å². The van der Waals surface area contributed by atoms with Crippen LogP contribution in [0.3, 0.4) is 0 Å². The standard InChI is InChI=1S/C23H18FN3O/c1-14-9-18-10-15(6-7-21(18)26-14)16-4-5-17(20(24)11-16)12-27-13-22-19(23(27)28)3-2-8-25-22/h2-8,10-11,26H,1,9,12-13H2. The van der Waals surface area contributed by atoms with Crippen molar-refractivity contribution in [3.05, 3.63) is 95.2 Å². The molecule has 28 heavy (non-hydrogen) atoms. The lowest BCUT2D eigenvalue weighted by molar-refractivity contribution is 0.0765. The van der Waals surface area contributed by atoms with Crippen molar-refractivity contribution in [1.82, 2.24) is 9.88 Å². The molecule has 138 valence electrons. The molecule has 2 aromatic carbocycles. The molecule has 0 fully saturated rings. The second-order valence-electron chi connectivity index (χ2n) is 7.24. The summed E-state index contributed by atoms with van der Waals surface area (Å²) in [4.78, 5) is 18.4. The Balaban J connectivity index is 1.39. The van der Waals surface area contributed by atoms with Gasteiger partial charge < -0.3 is 10.2 Å². The molecule has 5 rings (SSSR count). The van der Waals surface area contributed by atoms with Gasteiger partial charge in [0, 0.05) is 36.1 Å². The van der Waals surface area contributed by atoms with Crippen molar-refractivity contribution in [3.63, 3.8) is 0 Å². The minimum atomic E-state index is -0.308. The lowest BCUT2D eigenvalue weighted by Gasteiger charge is -2.16. The van der Waals surface area contributed by atoms with Crippen molar-refractivity contribution in [3.8, 4) is 11.1 Å². The van der Waals surface area contributed by atoms with Crippen LogP contribution in [0, 0.1) is 5.82 Å². The summed E-state index contributed by atoms with van der Waals surface area (Å²) in [6.45, 7) is 4.61. The van der Waals surface area contributed by atoms with Crippen LogP contribution in [-0.4, -0.2) is 15.8 Å². The normalized spacial score (nSPS) is 14.8. The molecule has 0 saturated carbocycles. The van der Waals surface area contributed by atoms with E-state index in [0.717, 1.165) is 34.6 Å². The van der Waals surface area contributed by atoms with E-state index < -0.39 is 0 Å². The van der Waals surface area contributed by atoms with Crippen molar-refractivity contribution in [2.75, 3.05) is 5.32 Å². The summed E-state index contributed by atoms with van der Waals surface area (Å²) in [5, 5.41) is 3.24. The van der Waals surface area contributed by atoms with Gasteiger partial charge in [0.1, 0.15) is 5.82 Å². The number of nitrogens with one attached hydrogen (secondary N) is 1. The maximum atomic E-state index is 14.8. The van der Waals surface area contributed by atoms with Crippen LogP contribution in [0.4, 0.5) is 10.1 Å². The van der Waals surface area contributed by atoms with E-state index in [4.69, 9.17) is 0 Å². The highest BCUT2D eigenvalue weighted by atomic mass is 19.1. The highest BCUT2D eigenvalue weighted by molar-refractivity contribution is 5.97. The molecule has 0 saturated heterocycles. The number of carbonyl (C=O) groups excluding carboxylic acids is 1. The van der Waals surface area contributed by atoms with Crippen molar-refractivity contribution in [1.29, 1.82) is 0 Å². The number of rotatable bonds is 3. The minimum absolute atomic E-state index is 0.0991. The van der Waals surface area contributed by atoms with Crippen LogP contribution in [0.25, 0.3) is 11.1 Å². The Bertz CT molecular complexity index is 1140. The van der Waals surface area contributed by atoms with Crippen molar-refractivity contribution in [2.45, 2.75) is 19.5 Å². The molecule has 3 heterocycles. The average molecular weight is 371 g/mol. The van der Waals surface area contributed by atoms with E-state index in [0.29, 0.717) is 17.7 Å². The lowest BCUT2D eigenvalue weighted by atomic mass is 10.00. The number of carbonyl (C=O) groups is 1. The number of benzene rings is 2. The molecule has 3 aromatic rings. The minimum Gasteiger partial charge on any atom is -0.359 e. The quantitative estimate of drug-likeness (QED) is 0.736. The molecule has 5 heteroatoms. The zero-order valence-electron chi connectivity index (χ0n) is 15.2. The Morgan fingerprint density at radius 2 is 1.96 bits per heavy atom. The van der Waals surface area contributed by atoms with Crippen molar-refractivity contribution < 1.29 is 9.18 Å². The van der Waals surface area contributed by atoms with Crippen LogP contribution < -0.4 is 5.32 Å². The van der Waals surface area contributed by atoms with Gasteiger partial charge in [-0.1, -0.05) is 24.8 Å². The predicted octanol–water partition coefficient (Wildman–Crippen LogP) is 4.53. The molecule has 1 N–H and O–H groups in total. The third kappa shape index (κ3) is 2.76. The molecule has 2 aliphatic heterocycles. The Morgan fingerprint density at radius 1 is 1.14 bits per heavy atom. The van der Waals surface area contributed by atoms with Crippen LogP contribution in [0.1, 0.15) is 27.2 Å². The number of allylic oxidation sites excluding steroid dienone is 1. The Labute approximate surface area is 162 Å². The number of aromatic nitrogens is 1. The molecule has 0 aliphatic carbocycles. The molecular formula is C23H18FN3O. The first-order chi connectivity index (χ1) is 13.6. The van der Waals surface area contributed by atoms with Crippen molar-refractivity contribution >= 4 is 11.6 Å². The van der Waals surface area contributed by atoms with E-state index in [-0.39, 0.29) is 18.3 Å². The van der Waals surface area contributed by atoms with Gasteiger partial charge in [0.15, 0.2) is 0 Å². The van der Waals surface area contributed by atoms with Crippen LogP contribution in [0.2, 0.25) is 0 Å². The molecule has 1 amide bonds. The number of halogens is 1. The van der Waals surface area contributed by atoms with E-state index in [1.54, 1.807) is 35.4 Å². The molecule has 4 nitrogen and oxygen atoms in total. The zero-order chi connectivity index (χ0) is 19.3. The van der Waals surface area contributed by atoms with E-state index in [2.05, 4.69) is 22.9 Å². The summed E-state index contributed by atoms with van der Waals surface area (Å²) in [5.74, 6) is -0.407. The van der Waals surface area contributed by atoms with Crippen LogP contribution >= 0.6 is 0 Å². The summed E-state index contributed by atoms with van der Waals surface area (Å²) in [7, 11) is 0. The fraction of sp³-hybridized carbons (Fsp3) is 0.130. The van der Waals surface area contributed by atoms with Gasteiger partial charge in [0.2, 0.25) is 0 Å². The third-order valence-electron chi connectivity index (χ3n) is 5.32. The molecule has 1 aromatic heterocycles. The van der Waals surface area contributed by atoms with Gasteiger partial charge in [-0.15, -0.1) is 0 Å². The second kappa shape index (κ2) is 6.30. The monoisotopic (exact) mass is 371 g/mol. The van der Waals surface area contributed by atoms with E-state index in [1.165, 1.54) is 5.56 Å². The van der Waals surface area contributed by atoms with Gasteiger partial charge in [0.05, 0.1) is 17.8 Å². The Morgan fingerprint density at radius 3 is 2.79 bits per heavy atom. The number of hydrogen-bond donors (Lipinski definition) is 1. The topological polar surface area (TPSA) is 45.2 Å². The maximum absolute atomic E-state index is 14.8. The number of fused-ring (bicyclic) bond motifs is 2. The fourth-order valence-electron chi connectivity index (χ4n) is 3.88. The van der Waals surface area contributed by atoms with E-state index in [1.807, 2.05) is 18.2 Å². The first-order valence-corrected chi connectivity index (χ1v) is 9.18. The largest absolute Gasteiger partial charge is 0.359 e. The smallest absolute Gasteiger partial charge is 0.256 e. The van der Waals surface area contributed by atoms with Crippen LogP contribution in [0.5, 0.6) is 0 Å². The lowest BCUT2D eigenvalue weighted by Crippen LogP contribution is -2.23. The van der Waals surface area contributed by atoms with E-state index in [9.17, 15) is 9.18 Å². The number of anilines is 1. The highest BCUT2D eigenvalue weighted by Gasteiger charge is 2.28. The summed E-state index contributed by atoms with van der Waals surface area (Å²) in [5.41, 5.74) is 6.84. The summed E-state index contributed by atoms with van der Waals surface area (Å²) in [6, 6.07) is 14.8. The van der Waals surface area contributed by atoms with Crippen LogP contribution in [0.15, 0.2) is 67.0 Å². The number of amides is 1. The zero-order valence-corrected chi connectivity index (χ0v) is 15.2. The van der Waals surface area contributed by atoms with Crippen LogP contribution in [-0.2, 0) is 19.5 Å². The summed E-state index contributed by atoms with van der Waals surface area (Å²) in [6.07, 6.45) is 2.46. The number of nitrogens with zero attached hydrogens (tertiary/aromatic N) is 2. The molecule has 0 spiro atoms. The number of pyridine rings is 1. The average Bonchev–Trinajstić information content (AvgIpc) is 3.22. The first-order valence-electron chi connectivity index (χ1n) is 9.18.